The lowest BCUT2D eigenvalue weighted by Gasteiger charge is -2.26. The smallest absolute Gasteiger partial charge is 0.269 e. The van der Waals surface area contributed by atoms with Gasteiger partial charge in [-0.15, -0.1) is 0 Å². The summed E-state index contributed by atoms with van der Waals surface area (Å²) in [6.45, 7) is 5.35. The second kappa shape index (κ2) is 8.47. The standard InChI is InChI=1S/C17H22N4O3/c22-17(19-5-6-21-7-10-23-11-8-21)16-12-14(3-4-18-16)20-13-15-2-1-9-24-15/h1-4,9,12H,5-8,10-11,13H2,(H,18,20)(H,19,22). The van der Waals surface area contributed by atoms with Crippen LogP contribution in [-0.4, -0.2) is 55.2 Å². The molecule has 1 aliphatic rings. The van der Waals surface area contributed by atoms with Crippen molar-refractivity contribution in [2.75, 3.05) is 44.7 Å². The molecular weight excluding hydrogens is 308 g/mol. The SMILES string of the molecule is O=C(NCCN1CCOCC1)c1cc(NCc2ccco2)ccn1. The number of furan rings is 1. The first kappa shape index (κ1) is 16.5. The maximum absolute atomic E-state index is 12.2. The number of rotatable bonds is 7. The van der Waals surface area contributed by atoms with Crippen LogP contribution in [0, 0.1) is 0 Å². The van der Waals surface area contributed by atoms with Crippen molar-refractivity contribution in [2.45, 2.75) is 6.54 Å². The van der Waals surface area contributed by atoms with Crippen molar-refractivity contribution in [3.63, 3.8) is 0 Å². The Hall–Kier alpha value is -2.38. The van der Waals surface area contributed by atoms with Crippen LogP contribution in [0.5, 0.6) is 0 Å². The first-order valence-electron chi connectivity index (χ1n) is 8.12. The Bertz CT molecular complexity index is 639. The summed E-state index contributed by atoms with van der Waals surface area (Å²) in [5.74, 6) is 0.674. The summed E-state index contributed by atoms with van der Waals surface area (Å²) < 4.78 is 10.6. The minimum Gasteiger partial charge on any atom is -0.467 e. The van der Waals surface area contributed by atoms with E-state index < -0.39 is 0 Å². The fraction of sp³-hybridized carbons (Fsp3) is 0.412. The Labute approximate surface area is 141 Å². The van der Waals surface area contributed by atoms with E-state index in [-0.39, 0.29) is 5.91 Å². The third-order valence-electron chi connectivity index (χ3n) is 3.86. The van der Waals surface area contributed by atoms with Gasteiger partial charge in [0.25, 0.3) is 5.91 Å². The fourth-order valence-electron chi connectivity index (χ4n) is 2.51. The van der Waals surface area contributed by atoms with Gasteiger partial charge in [-0.3, -0.25) is 14.7 Å². The molecule has 128 valence electrons. The highest BCUT2D eigenvalue weighted by molar-refractivity contribution is 5.93. The van der Waals surface area contributed by atoms with Crippen LogP contribution in [0.1, 0.15) is 16.2 Å². The molecule has 1 aliphatic heterocycles. The van der Waals surface area contributed by atoms with Gasteiger partial charge < -0.3 is 19.8 Å². The van der Waals surface area contributed by atoms with Gasteiger partial charge >= 0.3 is 0 Å². The molecule has 0 unspecified atom stereocenters. The van der Waals surface area contributed by atoms with Crippen LogP contribution in [0.25, 0.3) is 0 Å². The summed E-state index contributed by atoms with van der Waals surface area (Å²) in [6.07, 6.45) is 3.26. The predicted octanol–water partition coefficient (Wildman–Crippen LogP) is 1.35. The average molecular weight is 330 g/mol. The Morgan fingerprint density at radius 3 is 2.96 bits per heavy atom. The molecule has 1 amide bonds. The molecule has 3 rings (SSSR count). The number of nitrogens with one attached hydrogen (secondary N) is 2. The van der Waals surface area contributed by atoms with Gasteiger partial charge in [0.15, 0.2) is 0 Å². The van der Waals surface area contributed by atoms with Crippen LogP contribution in [0.2, 0.25) is 0 Å². The monoisotopic (exact) mass is 330 g/mol. The van der Waals surface area contributed by atoms with Crippen LogP contribution in [0.3, 0.4) is 0 Å². The molecular formula is C17H22N4O3. The number of nitrogens with zero attached hydrogens (tertiary/aromatic N) is 2. The second-order valence-electron chi connectivity index (χ2n) is 5.57. The van der Waals surface area contributed by atoms with Gasteiger partial charge in [0.05, 0.1) is 26.0 Å². The molecule has 1 saturated heterocycles. The molecule has 0 aliphatic carbocycles. The number of hydrogen-bond acceptors (Lipinski definition) is 6. The summed E-state index contributed by atoms with van der Waals surface area (Å²) in [5.41, 5.74) is 1.24. The average Bonchev–Trinajstić information content (AvgIpc) is 3.15. The summed E-state index contributed by atoms with van der Waals surface area (Å²) in [4.78, 5) is 18.6. The molecule has 0 bridgehead atoms. The van der Waals surface area contributed by atoms with Crippen molar-refractivity contribution in [3.05, 3.63) is 48.2 Å². The number of amides is 1. The molecule has 0 saturated carbocycles. The zero-order chi connectivity index (χ0) is 16.6. The van der Waals surface area contributed by atoms with Crippen LogP contribution in [-0.2, 0) is 11.3 Å². The van der Waals surface area contributed by atoms with E-state index in [1.165, 1.54) is 0 Å². The number of hydrogen-bond donors (Lipinski definition) is 2. The van der Waals surface area contributed by atoms with Crippen molar-refractivity contribution in [1.82, 2.24) is 15.2 Å². The van der Waals surface area contributed by atoms with E-state index in [9.17, 15) is 4.79 Å². The van der Waals surface area contributed by atoms with Crippen molar-refractivity contribution >= 4 is 11.6 Å². The van der Waals surface area contributed by atoms with E-state index in [1.54, 1.807) is 18.5 Å². The predicted molar refractivity (Wildman–Crippen MR) is 89.9 cm³/mol. The van der Waals surface area contributed by atoms with Gasteiger partial charge in [-0.2, -0.15) is 0 Å². The number of carbonyl (C=O) groups is 1. The summed E-state index contributed by atoms with van der Waals surface area (Å²) in [7, 11) is 0. The zero-order valence-corrected chi connectivity index (χ0v) is 13.5. The normalized spacial score (nSPS) is 15.2. The zero-order valence-electron chi connectivity index (χ0n) is 13.5. The van der Waals surface area contributed by atoms with Crippen molar-refractivity contribution in [3.8, 4) is 0 Å². The molecule has 0 spiro atoms. The number of ether oxygens (including phenoxy) is 1. The molecule has 7 nitrogen and oxygen atoms in total. The lowest BCUT2D eigenvalue weighted by Crippen LogP contribution is -2.41. The van der Waals surface area contributed by atoms with E-state index in [0.717, 1.165) is 44.3 Å². The lowest BCUT2D eigenvalue weighted by atomic mass is 10.3. The Balaban J connectivity index is 1.46. The first-order chi connectivity index (χ1) is 11.8. The maximum Gasteiger partial charge on any atom is 0.269 e. The quantitative estimate of drug-likeness (QED) is 0.798. The van der Waals surface area contributed by atoms with Crippen molar-refractivity contribution in [2.24, 2.45) is 0 Å². The van der Waals surface area contributed by atoms with Crippen LogP contribution in [0.4, 0.5) is 5.69 Å². The highest BCUT2D eigenvalue weighted by atomic mass is 16.5. The van der Waals surface area contributed by atoms with Gasteiger partial charge in [-0.05, 0) is 24.3 Å². The molecule has 2 N–H and O–H groups in total. The molecule has 7 heteroatoms. The summed E-state index contributed by atoms with van der Waals surface area (Å²) in [6, 6.07) is 7.31. The fourth-order valence-corrected chi connectivity index (χ4v) is 2.51. The van der Waals surface area contributed by atoms with Gasteiger partial charge in [-0.25, -0.2) is 0 Å². The highest BCUT2D eigenvalue weighted by Crippen LogP contribution is 2.10. The number of carbonyl (C=O) groups excluding carboxylic acids is 1. The molecule has 24 heavy (non-hydrogen) atoms. The first-order valence-corrected chi connectivity index (χ1v) is 8.12. The molecule has 0 atom stereocenters. The van der Waals surface area contributed by atoms with Gasteiger partial charge in [0, 0.05) is 38.1 Å². The molecule has 0 aromatic carbocycles. The van der Waals surface area contributed by atoms with E-state index >= 15 is 0 Å². The molecule has 2 aromatic heterocycles. The van der Waals surface area contributed by atoms with E-state index in [1.807, 2.05) is 18.2 Å². The Morgan fingerprint density at radius 2 is 2.17 bits per heavy atom. The van der Waals surface area contributed by atoms with E-state index in [4.69, 9.17) is 9.15 Å². The topological polar surface area (TPSA) is 79.6 Å². The number of pyridine rings is 1. The Kier molecular flexibility index (Phi) is 5.81. The highest BCUT2D eigenvalue weighted by Gasteiger charge is 2.11. The lowest BCUT2D eigenvalue weighted by molar-refractivity contribution is 0.0383. The van der Waals surface area contributed by atoms with Gasteiger partial charge in [-0.1, -0.05) is 0 Å². The summed E-state index contributed by atoms with van der Waals surface area (Å²) in [5, 5.41) is 6.13. The molecule has 0 radical (unpaired) electrons. The summed E-state index contributed by atoms with van der Waals surface area (Å²) >= 11 is 0. The molecule has 3 heterocycles. The van der Waals surface area contributed by atoms with E-state index in [0.29, 0.717) is 18.8 Å². The van der Waals surface area contributed by atoms with Crippen molar-refractivity contribution < 1.29 is 13.9 Å². The molecule has 2 aromatic rings. The van der Waals surface area contributed by atoms with Gasteiger partial charge in [0.1, 0.15) is 11.5 Å². The number of aromatic nitrogens is 1. The van der Waals surface area contributed by atoms with Crippen LogP contribution < -0.4 is 10.6 Å². The van der Waals surface area contributed by atoms with Crippen LogP contribution >= 0.6 is 0 Å². The third kappa shape index (κ3) is 4.81. The Morgan fingerprint density at radius 1 is 1.29 bits per heavy atom. The largest absolute Gasteiger partial charge is 0.467 e. The third-order valence-corrected chi connectivity index (χ3v) is 3.86. The van der Waals surface area contributed by atoms with Crippen molar-refractivity contribution in [1.29, 1.82) is 0 Å². The van der Waals surface area contributed by atoms with Gasteiger partial charge in [0.2, 0.25) is 0 Å². The number of anilines is 1. The minimum absolute atomic E-state index is 0.162. The number of morpholine rings is 1. The van der Waals surface area contributed by atoms with Crippen LogP contribution in [0.15, 0.2) is 41.1 Å². The minimum atomic E-state index is -0.162. The van der Waals surface area contributed by atoms with E-state index in [2.05, 4.69) is 20.5 Å². The molecule has 1 fully saturated rings. The second-order valence-corrected chi connectivity index (χ2v) is 5.57. The maximum atomic E-state index is 12.2.